The summed E-state index contributed by atoms with van der Waals surface area (Å²) >= 11 is 3.19. The first kappa shape index (κ1) is 11.1. The van der Waals surface area contributed by atoms with E-state index in [-0.39, 0.29) is 12.4 Å². The monoisotopic (exact) mass is 261 g/mol. The Balaban J connectivity index is 2.55. The molecule has 0 unspecified atom stereocenters. The summed E-state index contributed by atoms with van der Waals surface area (Å²) in [6.45, 7) is 0.289. The summed E-state index contributed by atoms with van der Waals surface area (Å²) in [7, 11) is 0. The number of carboxylic acid groups (broad SMARTS) is 1. The van der Waals surface area contributed by atoms with Gasteiger partial charge in [-0.05, 0) is 17.7 Å². The van der Waals surface area contributed by atoms with Crippen LogP contribution in [0.4, 0.5) is 4.39 Å². The topological polar surface area (TPSA) is 49.3 Å². The van der Waals surface area contributed by atoms with E-state index < -0.39 is 5.97 Å². The van der Waals surface area contributed by atoms with Crippen molar-refractivity contribution in [3.8, 4) is 0 Å². The van der Waals surface area contributed by atoms with Gasteiger partial charge in [-0.1, -0.05) is 22.0 Å². The molecular formula is C9H9BrFNO2. The SMILES string of the molecule is O=C(O)CNCc1ccc(F)cc1Br. The zero-order valence-corrected chi connectivity index (χ0v) is 8.84. The van der Waals surface area contributed by atoms with Gasteiger partial charge in [0.05, 0.1) is 6.54 Å². The highest BCUT2D eigenvalue weighted by Crippen LogP contribution is 2.17. The summed E-state index contributed by atoms with van der Waals surface area (Å²) in [5.74, 6) is -1.23. The van der Waals surface area contributed by atoms with Crippen molar-refractivity contribution in [3.63, 3.8) is 0 Å². The van der Waals surface area contributed by atoms with E-state index in [1.165, 1.54) is 12.1 Å². The maximum absolute atomic E-state index is 12.7. The zero-order chi connectivity index (χ0) is 10.6. The molecule has 0 amide bonds. The molecule has 0 spiro atoms. The number of benzene rings is 1. The summed E-state index contributed by atoms with van der Waals surface area (Å²) in [6.07, 6.45) is 0. The lowest BCUT2D eigenvalue weighted by Crippen LogP contribution is -2.22. The van der Waals surface area contributed by atoms with Gasteiger partial charge >= 0.3 is 5.97 Å². The van der Waals surface area contributed by atoms with Gasteiger partial charge in [-0.25, -0.2) is 4.39 Å². The van der Waals surface area contributed by atoms with Gasteiger partial charge in [-0.15, -0.1) is 0 Å². The van der Waals surface area contributed by atoms with Crippen LogP contribution < -0.4 is 5.32 Å². The molecule has 0 bridgehead atoms. The van der Waals surface area contributed by atoms with E-state index >= 15 is 0 Å². The van der Waals surface area contributed by atoms with E-state index in [0.717, 1.165) is 5.56 Å². The van der Waals surface area contributed by atoms with Crippen molar-refractivity contribution in [2.75, 3.05) is 6.54 Å². The van der Waals surface area contributed by atoms with Crippen LogP contribution in [-0.4, -0.2) is 17.6 Å². The van der Waals surface area contributed by atoms with Gasteiger partial charge in [0, 0.05) is 11.0 Å². The molecule has 1 aromatic rings. The molecule has 2 N–H and O–H groups in total. The smallest absolute Gasteiger partial charge is 0.317 e. The number of rotatable bonds is 4. The highest BCUT2D eigenvalue weighted by atomic mass is 79.9. The van der Waals surface area contributed by atoms with Crippen molar-refractivity contribution >= 4 is 21.9 Å². The number of nitrogens with one attached hydrogen (secondary N) is 1. The highest BCUT2D eigenvalue weighted by molar-refractivity contribution is 9.10. The number of carbonyl (C=O) groups is 1. The zero-order valence-electron chi connectivity index (χ0n) is 7.26. The average Bonchev–Trinajstić information content (AvgIpc) is 2.08. The Labute approximate surface area is 89.1 Å². The fraction of sp³-hybridized carbons (Fsp3) is 0.222. The van der Waals surface area contributed by atoms with Gasteiger partial charge in [0.25, 0.3) is 0 Å². The van der Waals surface area contributed by atoms with Crippen LogP contribution in [0.3, 0.4) is 0 Å². The molecule has 0 aliphatic carbocycles. The summed E-state index contributed by atoms with van der Waals surface area (Å²) in [6, 6.07) is 4.29. The van der Waals surface area contributed by atoms with Gasteiger partial charge < -0.3 is 10.4 Å². The molecule has 5 heteroatoms. The molecule has 3 nitrogen and oxygen atoms in total. The summed E-state index contributed by atoms with van der Waals surface area (Å²) < 4.78 is 13.3. The van der Waals surface area contributed by atoms with Crippen molar-refractivity contribution < 1.29 is 14.3 Å². The molecule has 0 radical (unpaired) electrons. The molecule has 0 saturated carbocycles. The summed E-state index contributed by atoms with van der Waals surface area (Å²) in [5, 5.41) is 11.1. The Morgan fingerprint density at radius 3 is 2.86 bits per heavy atom. The lowest BCUT2D eigenvalue weighted by molar-refractivity contribution is -0.135. The van der Waals surface area contributed by atoms with E-state index in [1.54, 1.807) is 6.07 Å². The molecule has 0 aliphatic rings. The first-order chi connectivity index (χ1) is 6.59. The third-order valence-electron chi connectivity index (χ3n) is 1.61. The van der Waals surface area contributed by atoms with Crippen LogP contribution in [0.5, 0.6) is 0 Å². The van der Waals surface area contributed by atoms with Gasteiger partial charge in [0.2, 0.25) is 0 Å². The Morgan fingerprint density at radius 2 is 2.29 bits per heavy atom. The number of carboxylic acids is 1. The Morgan fingerprint density at radius 1 is 1.57 bits per heavy atom. The number of aliphatic carboxylic acids is 1. The van der Waals surface area contributed by atoms with Crippen LogP contribution in [0.15, 0.2) is 22.7 Å². The summed E-state index contributed by atoms with van der Waals surface area (Å²) in [5.41, 5.74) is 0.827. The fourth-order valence-electron chi connectivity index (χ4n) is 0.969. The van der Waals surface area contributed by atoms with Crippen LogP contribution in [0.1, 0.15) is 5.56 Å². The van der Waals surface area contributed by atoms with E-state index in [9.17, 15) is 9.18 Å². The quantitative estimate of drug-likeness (QED) is 0.869. The van der Waals surface area contributed by atoms with Gasteiger partial charge in [-0.2, -0.15) is 0 Å². The Hall–Kier alpha value is -0.940. The second-order valence-electron chi connectivity index (χ2n) is 2.73. The van der Waals surface area contributed by atoms with E-state index in [1.807, 2.05) is 0 Å². The maximum atomic E-state index is 12.7. The Bertz CT molecular complexity index is 344. The van der Waals surface area contributed by atoms with Crippen LogP contribution >= 0.6 is 15.9 Å². The lowest BCUT2D eigenvalue weighted by Gasteiger charge is -2.04. The summed E-state index contributed by atoms with van der Waals surface area (Å²) in [4.78, 5) is 10.2. The molecule has 0 aliphatic heterocycles. The minimum Gasteiger partial charge on any atom is -0.480 e. The number of halogens is 2. The second-order valence-corrected chi connectivity index (χ2v) is 3.59. The standard InChI is InChI=1S/C9H9BrFNO2/c10-8-3-7(11)2-1-6(8)4-12-5-9(13)14/h1-3,12H,4-5H2,(H,13,14). The second kappa shape index (κ2) is 5.07. The van der Waals surface area contributed by atoms with Crippen LogP contribution in [0.25, 0.3) is 0 Å². The first-order valence-electron chi connectivity index (χ1n) is 3.96. The molecule has 0 fully saturated rings. The number of hydrogen-bond donors (Lipinski definition) is 2. The molecule has 1 aromatic carbocycles. The van der Waals surface area contributed by atoms with Crippen molar-refractivity contribution in [3.05, 3.63) is 34.1 Å². The largest absolute Gasteiger partial charge is 0.480 e. The van der Waals surface area contributed by atoms with Crippen molar-refractivity contribution in [2.45, 2.75) is 6.54 Å². The maximum Gasteiger partial charge on any atom is 0.317 e. The van der Waals surface area contributed by atoms with Crippen LogP contribution in [0, 0.1) is 5.82 Å². The van der Waals surface area contributed by atoms with Gasteiger partial charge in [0.15, 0.2) is 0 Å². The van der Waals surface area contributed by atoms with E-state index in [2.05, 4.69) is 21.2 Å². The first-order valence-corrected chi connectivity index (χ1v) is 4.75. The van der Waals surface area contributed by atoms with Crippen molar-refractivity contribution in [2.24, 2.45) is 0 Å². The lowest BCUT2D eigenvalue weighted by atomic mass is 10.2. The normalized spacial score (nSPS) is 10.1. The minimum atomic E-state index is -0.914. The molecule has 0 aromatic heterocycles. The van der Waals surface area contributed by atoms with Crippen LogP contribution in [0.2, 0.25) is 0 Å². The fourth-order valence-corrected chi connectivity index (χ4v) is 1.46. The Kier molecular flexibility index (Phi) is 4.03. The predicted octanol–water partition coefficient (Wildman–Crippen LogP) is 1.76. The molecule has 0 heterocycles. The third kappa shape index (κ3) is 3.43. The highest BCUT2D eigenvalue weighted by Gasteiger charge is 2.02. The van der Waals surface area contributed by atoms with Gasteiger partial charge in [0.1, 0.15) is 5.82 Å². The molecule has 0 atom stereocenters. The molecule has 76 valence electrons. The predicted molar refractivity (Wildman–Crippen MR) is 53.4 cm³/mol. The van der Waals surface area contributed by atoms with E-state index in [4.69, 9.17) is 5.11 Å². The molecule has 0 saturated heterocycles. The average molecular weight is 262 g/mol. The van der Waals surface area contributed by atoms with Crippen LogP contribution in [-0.2, 0) is 11.3 Å². The third-order valence-corrected chi connectivity index (χ3v) is 2.34. The number of hydrogen-bond acceptors (Lipinski definition) is 2. The van der Waals surface area contributed by atoms with Crippen molar-refractivity contribution in [1.29, 1.82) is 0 Å². The minimum absolute atomic E-state index is 0.107. The molecular weight excluding hydrogens is 253 g/mol. The van der Waals surface area contributed by atoms with Gasteiger partial charge in [-0.3, -0.25) is 4.79 Å². The van der Waals surface area contributed by atoms with Crippen molar-refractivity contribution in [1.82, 2.24) is 5.32 Å². The molecule has 14 heavy (non-hydrogen) atoms. The molecule has 1 rings (SSSR count). The van der Waals surface area contributed by atoms with E-state index in [0.29, 0.717) is 11.0 Å².